The van der Waals surface area contributed by atoms with Crippen molar-refractivity contribution < 1.29 is 19.8 Å². The molecule has 3 N–H and O–H groups in total. The Balaban J connectivity index is 3.08. The minimum atomic E-state index is -1.07. The van der Waals surface area contributed by atoms with Crippen LogP contribution in [0, 0.1) is 0 Å². The Labute approximate surface area is 86.4 Å². The van der Waals surface area contributed by atoms with Gasteiger partial charge < -0.3 is 15.5 Å². The molecule has 0 fully saturated rings. The third kappa shape index (κ3) is 2.78. The van der Waals surface area contributed by atoms with Gasteiger partial charge in [0.25, 0.3) is 0 Å². The topological polar surface area (TPSA) is 86.6 Å². The quantitative estimate of drug-likeness (QED) is 0.688. The van der Waals surface area contributed by atoms with Crippen LogP contribution >= 0.6 is 0 Å². The largest absolute Gasteiger partial charge is 0.478 e. The fourth-order valence-corrected chi connectivity index (χ4v) is 1.17. The number of aliphatic hydroxyl groups is 1. The second-order valence-corrected chi connectivity index (χ2v) is 3.02. The molecule has 0 spiro atoms. The minimum Gasteiger partial charge on any atom is -0.478 e. The Bertz CT molecular complexity index is 400. The van der Waals surface area contributed by atoms with Crippen molar-refractivity contribution in [2.24, 2.45) is 0 Å². The maximum atomic E-state index is 10.8. The van der Waals surface area contributed by atoms with E-state index in [1.165, 1.54) is 25.1 Å². The molecule has 0 aromatic heterocycles. The molecule has 0 bridgehead atoms. The second kappa shape index (κ2) is 4.56. The number of carboxylic acid groups (broad SMARTS) is 1. The fraction of sp³-hybridized carbons (Fsp3) is 0.200. The highest BCUT2D eigenvalue weighted by atomic mass is 16.4. The lowest BCUT2D eigenvalue weighted by Gasteiger charge is -2.08. The van der Waals surface area contributed by atoms with E-state index in [9.17, 15) is 9.59 Å². The summed E-state index contributed by atoms with van der Waals surface area (Å²) in [6.07, 6.45) is 0. The first-order valence-electron chi connectivity index (χ1n) is 4.29. The predicted molar refractivity (Wildman–Crippen MR) is 53.6 cm³/mol. The van der Waals surface area contributed by atoms with E-state index in [4.69, 9.17) is 10.2 Å². The molecule has 5 heteroatoms. The van der Waals surface area contributed by atoms with Crippen LogP contribution in [0.25, 0.3) is 0 Å². The van der Waals surface area contributed by atoms with Crippen LogP contribution in [0.15, 0.2) is 18.2 Å². The van der Waals surface area contributed by atoms with Gasteiger partial charge in [0.05, 0.1) is 12.2 Å². The molecular formula is C10H11NO4. The lowest BCUT2D eigenvalue weighted by molar-refractivity contribution is -0.114. The van der Waals surface area contributed by atoms with E-state index in [1.807, 2.05) is 0 Å². The molecule has 1 aromatic carbocycles. The van der Waals surface area contributed by atoms with Gasteiger partial charge in [-0.05, 0) is 18.2 Å². The molecule has 0 unspecified atom stereocenters. The molecule has 0 radical (unpaired) electrons. The molecule has 1 amide bonds. The Morgan fingerprint density at radius 3 is 2.53 bits per heavy atom. The SMILES string of the molecule is CC(=O)Nc1ccc(C(=O)O)cc1CO. The van der Waals surface area contributed by atoms with Crippen molar-refractivity contribution in [3.63, 3.8) is 0 Å². The van der Waals surface area contributed by atoms with E-state index in [0.717, 1.165) is 0 Å². The summed E-state index contributed by atoms with van der Waals surface area (Å²) in [6, 6.07) is 4.15. The number of carbonyl (C=O) groups is 2. The molecule has 0 saturated carbocycles. The van der Waals surface area contributed by atoms with Gasteiger partial charge in [0.2, 0.25) is 5.91 Å². The molecule has 5 nitrogen and oxygen atoms in total. The molecule has 0 aliphatic heterocycles. The first-order chi connectivity index (χ1) is 7.04. The van der Waals surface area contributed by atoms with Crippen molar-refractivity contribution in [1.82, 2.24) is 0 Å². The normalized spacial score (nSPS) is 9.73. The monoisotopic (exact) mass is 209 g/mol. The number of nitrogens with one attached hydrogen (secondary N) is 1. The summed E-state index contributed by atoms with van der Waals surface area (Å²) >= 11 is 0. The van der Waals surface area contributed by atoms with Crippen LogP contribution in [-0.4, -0.2) is 22.1 Å². The van der Waals surface area contributed by atoms with Crippen LogP contribution in [0.1, 0.15) is 22.8 Å². The highest BCUT2D eigenvalue weighted by molar-refractivity contribution is 5.92. The highest BCUT2D eigenvalue weighted by Crippen LogP contribution is 2.17. The minimum absolute atomic E-state index is 0.0770. The number of amides is 1. The Morgan fingerprint density at radius 2 is 2.07 bits per heavy atom. The average molecular weight is 209 g/mol. The average Bonchev–Trinajstić information content (AvgIpc) is 2.17. The number of hydrogen-bond donors (Lipinski definition) is 3. The van der Waals surface area contributed by atoms with Gasteiger partial charge in [-0.1, -0.05) is 0 Å². The van der Waals surface area contributed by atoms with Crippen molar-refractivity contribution in [2.45, 2.75) is 13.5 Å². The Hall–Kier alpha value is -1.88. The number of carboxylic acids is 1. The van der Waals surface area contributed by atoms with E-state index in [0.29, 0.717) is 11.3 Å². The zero-order valence-corrected chi connectivity index (χ0v) is 8.15. The lowest BCUT2D eigenvalue weighted by atomic mass is 10.1. The van der Waals surface area contributed by atoms with E-state index < -0.39 is 5.97 Å². The van der Waals surface area contributed by atoms with Crippen molar-refractivity contribution >= 4 is 17.6 Å². The molecular weight excluding hydrogens is 198 g/mol. The van der Waals surface area contributed by atoms with Crippen molar-refractivity contribution in [1.29, 1.82) is 0 Å². The number of hydrogen-bond acceptors (Lipinski definition) is 3. The molecule has 0 saturated heterocycles. The summed E-state index contributed by atoms with van der Waals surface area (Å²) in [5.41, 5.74) is 0.883. The van der Waals surface area contributed by atoms with Gasteiger partial charge >= 0.3 is 5.97 Å². The standard InChI is InChI=1S/C10H11NO4/c1-6(13)11-9-3-2-7(10(14)15)4-8(9)5-12/h2-4,12H,5H2,1H3,(H,11,13)(H,14,15). The number of anilines is 1. The van der Waals surface area contributed by atoms with Crippen molar-refractivity contribution in [3.05, 3.63) is 29.3 Å². The van der Waals surface area contributed by atoms with Crippen LogP contribution in [0.3, 0.4) is 0 Å². The van der Waals surface area contributed by atoms with Crippen LogP contribution in [0.4, 0.5) is 5.69 Å². The summed E-state index contributed by atoms with van der Waals surface area (Å²) in [6.45, 7) is 1.02. The van der Waals surface area contributed by atoms with Crippen LogP contribution in [0.5, 0.6) is 0 Å². The second-order valence-electron chi connectivity index (χ2n) is 3.02. The molecule has 0 heterocycles. The third-order valence-electron chi connectivity index (χ3n) is 1.83. The van der Waals surface area contributed by atoms with E-state index >= 15 is 0 Å². The third-order valence-corrected chi connectivity index (χ3v) is 1.83. The molecule has 15 heavy (non-hydrogen) atoms. The maximum absolute atomic E-state index is 10.8. The summed E-state index contributed by atoms with van der Waals surface area (Å²) in [7, 11) is 0. The summed E-state index contributed by atoms with van der Waals surface area (Å²) in [5, 5.41) is 20.2. The Morgan fingerprint density at radius 1 is 1.40 bits per heavy atom. The molecule has 0 atom stereocenters. The fourth-order valence-electron chi connectivity index (χ4n) is 1.17. The zero-order valence-electron chi connectivity index (χ0n) is 8.15. The number of carbonyl (C=O) groups excluding carboxylic acids is 1. The van der Waals surface area contributed by atoms with E-state index in [-0.39, 0.29) is 18.1 Å². The molecule has 0 aliphatic rings. The number of aliphatic hydroxyl groups excluding tert-OH is 1. The first-order valence-corrected chi connectivity index (χ1v) is 4.29. The molecule has 1 aromatic rings. The molecule has 80 valence electrons. The zero-order chi connectivity index (χ0) is 11.4. The first kappa shape index (κ1) is 11.2. The maximum Gasteiger partial charge on any atom is 0.335 e. The van der Waals surface area contributed by atoms with Gasteiger partial charge in [-0.25, -0.2) is 4.79 Å². The van der Waals surface area contributed by atoms with Crippen molar-refractivity contribution in [2.75, 3.05) is 5.32 Å². The summed E-state index contributed by atoms with van der Waals surface area (Å²) in [5.74, 6) is -1.34. The predicted octanol–water partition coefficient (Wildman–Crippen LogP) is 0.835. The lowest BCUT2D eigenvalue weighted by Crippen LogP contribution is -2.09. The van der Waals surface area contributed by atoms with Gasteiger partial charge in [-0.3, -0.25) is 4.79 Å². The summed E-state index contributed by atoms with van der Waals surface area (Å²) < 4.78 is 0. The smallest absolute Gasteiger partial charge is 0.335 e. The van der Waals surface area contributed by atoms with Gasteiger partial charge in [-0.15, -0.1) is 0 Å². The van der Waals surface area contributed by atoms with Gasteiger partial charge in [0, 0.05) is 18.2 Å². The summed E-state index contributed by atoms with van der Waals surface area (Å²) in [4.78, 5) is 21.4. The van der Waals surface area contributed by atoms with Crippen LogP contribution in [-0.2, 0) is 11.4 Å². The van der Waals surface area contributed by atoms with Gasteiger partial charge in [-0.2, -0.15) is 0 Å². The highest BCUT2D eigenvalue weighted by Gasteiger charge is 2.08. The molecule has 1 rings (SSSR count). The van der Waals surface area contributed by atoms with E-state index in [1.54, 1.807) is 0 Å². The number of benzene rings is 1. The van der Waals surface area contributed by atoms with Crippen LogP contribution < -0.4 is 5.32 Å². The molecule has 0 aliphatic carbocycles. The van der Waals surface area contributed by atoms with Gasteiger partial charge in [0.15, 0.2) is 0 Å². The Kier molecular flexibility index (Phi) is 3.41. The van der Waals surface area contributed by atoms with Crippen LogP contribution in [0.2, 0.25) is 0 Å². The van der Waals surface area contributed by atoms with Crippen molar-refractivity contribution in [3.8, 4) is 0 Å². The van der Waals surface area contributed by atoms with Gasteiger partial charge in [0.1, 0.15) is 0 Å². The number of rotatable bonds is 3. The number of aromatic carboxylic acids is 1. The van der Waals surface area contributed by atoms with E-state index in [2.05, 4.69) is 5.32 Å².